The van der Waals surface area contributed by atoms with Crippen LogP contribution in [0.15, 0.2) is 63.6 Å². The third kappa shape index (κ3) is 3.44. The number of rotatable bonds is 5. The van der Waals surface area contributed by atoms with Gasteiger partial charge in [0.2, 0.25) is 5.91 Å². The fraction of sp³-hybridized carbons (Fsp3) is 0.118. The van der Waals surface area contributed by atoms with Crippen LogP contribution in [0, 0.1) is 5.82 Å². The second kappa shape index (κ2) is 6.30. The fourth-order valence-corrected chi connectivity index (χ4v) is 2.06. The highest BCUT2D eigenvalue weighted by Gasteiger charge is 2.08. The van der Waals surface area contributed by atoms with Gasteiger partial charge in [0.05, 0.1) is 19.2 Å². The Morgan fingerprint density at radius 2 is 1.86 bits per heavy atom. The van der Waals surface area contributed by atoms with E-state index in [-0.39, 0.29) is 18.1 Å². The molecule has 0 bridgehead atoms. The van der Waals surface area contributed by atoms with Crippen LogP contribution < -0.4 is 5.32 Å². The monoisotopic (exact) mass is 299 g/mol. The number of hydrogen-bond donors (Lipinski definition) is 1. The second-order valence-corrected chi connectivity index (χ2v) is 4.82. The Bertz CT molecular complexity index is 745. The van der Waals surface area contributed by atoms with Gasteiger partial charge >= 0.3 is 0 Å². The van der Waals surface area contributed by atoms with Crippen molar-refractivity contribution in [2.24, 2.45) is 0 Å². The molecule has 0 fully saturated rings. The minimum Gasteiger partial charge on any atom is -0.461 e. The van der Waals surface area contributed by atoms with Gasteiger partial charge in [0, 0.05) is 0 Å². The quantitative estimate of drug-likeness (QED) is 0.784. The first-order valence-corrected chi connectivity index (χ1v) is 6.84. The zero-order valence-corrected chi connectivity index (χ0v) is 11.7. The third-order valence-electron chi connectivity index (χ3n) is 3.16. The first-order chi connectivity index (χ1) is 10.7. The topological polar surface area (TPSA) is 55.4 Å². The molecule has 2 aromatic heterocycles. The number of benzene rings is 1. The first-order valence-electron chi connectivity index (χ1n) is 6.84. The molecule has 22 heavy (non-hydrogen) atoms. The maximum atomic E-state index is 12.8. The number of furan rings is 2. The minimum absolute atomic E-state index is 0.150. The van der Waals surface area contributed by atoms with Gasteiger partial charge in [0.1, 0.15) is 11.6 Å². The summed E-state index contributed by atoms with van der Waals surface area (Å²) < 4.78 is 23.6. The molecule has 0 aliphatic carbocycles. The van der Waals surface area contributed by atoms with Crippen LogP contribution in [0.25, 0.3) is 11.5 Å². The maximum absolute atomic E-state index is 12.8. The van der Waals surface area contributed by atoms with Gasteiger partial charge in [0.15, 0.2) is 11.5 Å². The Hall–Kier alpha value is -2.82. The third-order valence-corrected chi connectivity index (χ3v) is 3.16. The van der Waals surface area contributed by atoms with Gasteiger partial charge in [-0.2, -0.15) is 0 Å². The van der Waals surface area contributed by atoms with Crippen LogP contribution in [0.1, 0.15) is 11.3 Å². The van der Waals surface area contributed by atoms with Crippen LogP contribution >= 0.6 is 0 Å². The Kier molecular flexibility index (Phi) is 4.05. The van der Waals surface area contributed by atoms with Crippen molar-refractivity contribution in [2.45, 2.75) is 13.0 Å². The van der Waals surface area contributed by atoms with E-state index in [4.69, 9.17) is 8.83 Å². The summed E-state index contributed by atoms with van der Waals surface area (Å²) in [6.07, 6.45) is 1.77. The molecule has 0 unspecified atom stereocenters. The summed E-state index contributed by atoms with van der Waals surface area (Å²) in [5, 5.41) is 2.76. The average Bonchev–Trinajstić information content (AvgIpc) is 3.18. The number of hydrogen-bond acceptors (Lipinski definition) is 3. The van der Waals surface area contributed by atoms with Crippen LogP contribution in [-0.2, 0) is 17.8 Å². The summed E-state index contributed by atoms with van der Waals surface area (Å²) in [4.78, 5) is 11.8. The van der Waals surface area contributed by atoms with Crippen molar-refractivity contribution in [2.75, 3.05) is 0 Å². The maximum Gasteiger partial charge on any atom is 0.224 e. The molecule has 0 spiro atoms. The average molecular weight is 299 g/mol. The van der Waals surface area contributed by atoms with E-state index in [0.717, 1.165) is 5.56 Å². The Morgan fingerprint density at radius 3 is 2.59 bits per heavy atom. The molecular weight excluding hydrogens is 285 g/mol. The van der Waals surface area contributed by atoms with Gasteiger partial charge in [-0.3, -0.25) is 4.79 Å². The fourth-order valence-electron chi connectivity index (χ4n) is 2.06. The molecule has 0 saturated carbocycles. The van der Waals surface area contributed by atoms with Crippen molar-refractivity contribution in [3.05, 3.63) is 71.9 Å². The molecule has 2 heterocycles. The van der Waals surface area contributed by atoms with E-state index in [1.54, 1.807) is 42.7 Å². The first kappa shape index (κ1) is 14.1. The Labute approximate surface area is 126 Å². The van der Waals surface area contributed by atoms with Gasteiger partial charge in [-0.25, -0.2) is 4.39 Å². The summed E-state index contributed by atoms with van der Waals surface area (Å²) in [5.74, 6) is 1.43. The molecule has 0 aliphatic heterocycles. The van der Waals surface area contributed by atoms with Crippen LogP contribution in [0.3, 0.4) is 0 Å². The summed E-state index contributed by atoms with van der Waals surface area (Å²) in [6.45, 7) is 0.292. The highest BCUT2D eigenvalue weighted by Crippen LogP contribution is 2.22. The van der Waals surface area contributed by atoms with E-state index in [1.165, 1.54) is 12.1 Å². The zero-order chi connectivity index (χ0) is 15.4. The molecule has 112 valence electrons. The predicted octanol–water partition coefficient (Wildman–Crippen LogP) is 3.54. The molecule has 3 rings (SSSR count). The number of carbonyl (C=O) groups excluding carboxylic acids is 1. The number of nitrogens with one attached hydrogen (secondary N) is 1. The van der Waals surface area contributed by atoms with E-state index in [9.17, 15) is 9.18 Å². The number of amides is 1. The van der Waals surface area contributed by atoms with Gasteiger partial charge in [-0.1, -0.05) is 12.1 Å². The molecule has 0 atom stereocenters. The molecule has 0 aliphatic rings. The summed E-state index contributed by atoms with van der Waals surface area (Å²) in [7, 11) is 0. The van der Waals surface area contributed by atoms with Gasteiger partial charge in [-0.05, 0) is 42.0 Å². The van der Waals surface area contributed by atoms with Crippen molar-refractivity contribution < 1.29 is 18.0 Å². The lowest BCUT2D eigenvalue weighted by Crippen LogP contribution is -2.24. The minimum atomic E-state index is -0.315. The molecule has 0 radical (unpaired) electrons. The van der Waals surface area contributed by atoms with E-state index >= 15 is 0 Å². The number of halogens is 1. The van der Waals surface area contributed by atoms with Gasteiger partial charge < -0.3 is 14.2 Å². The van der Waals surface area contributed by atoms with Crippen LogP contribution in [0.4, 0.5) is 4.39 Å². The predicted molar refractivity (Wildman–Crippen MR) is 78.4 cm³/mol. The molecule has 5 heteroatoms. The van der Waals surface area contributed by atoms with E-state index in [2.05, 4.69) is 5.32 Å². The second-order valence-electron chi connectivity index (χ2n) is 4.82. The molecule has 3 aromatic rings. The summed E-state index contributed by atoms with van der Waals surface area (Å²) in [5.41, 5.74) is 0.759. The van der Waals surface area contributed by atoms with Crippen molar-refractivity contribution in [3.63, 3.8) is 0 Å². The van der Waals surface area contributed by atoms with Crippen molar-refractivity contribution in [1.29, 1.82) is 0 Å². The molecule has 1 N–H and O–H groups in total. The molecule has 1 amide bonds. The lowest BCUT2D eigenvalue weighted by Gasteiger charge is -2.03. The van der Waals surface area contributed by atoms with Crippen molar-refractivity contribution in [1.82, 2.24) is 5.32 Å². The number of carbonyl (C=O) groups is 1. The molecule has 4 nitrogen and oxygen atoms in total. The molecule has 0 saturated heterocycles. The normalized spacial score (nSPS) is 10.6. The largest absolute Gasteiger partial charge is 0.461 e. The SMILES string of the molecule is O=C(Cc1ccc(F)cc1)NCc1ccc(-c2ccco2)o1. The molecular formula is C17H14FNO3. The van der Waals surface area contributed by atoms with Crippen molar-refractivity contribution >= 4 is 5.91 Å². The smallest absolute Gasteiger partial charge is 0.224 e. The Balaban J connectivity index is 1.54. The lowest BCUT2D eigenvalue weighted by atomic mass is 10.1. The highest BCUT2D eigenvalue weighted by molar-refractivity contribution is 5.78. The van der Waals surface area contributed by atoms with Gasteiger partial charge in [0.25, 0.3) is 0 Å². The standard InChI is InChI=1S/C17H14FNO3/c18-13-5-3-12(4-6-13)10-17(20)19-11-14-7-8-16(22-14)15-2-1-9-21-15/h1-9H,10-11H2,(H,19,20). The van der Waals surface area contributed by atoms with Crippen LogP contribution in [0.5, 0.6) is 0 Å². The Morgan fingerprint density at radius 1 is 1.05 bits per heavy atom. The van der Waals surface area contributed by atoms with Crippen LogP contribution in [0.2, 0.25) is 0 Å². The van der Waals surface area contributed by atoms with Crippen molar-refractivity contribution in [3.8, 4) is 11.5 Å². The van der Waals surface area contributed by atoms with Crippen LogP contribution in [-0.4, -0.2) is 5.91 Å². The highest BCUT2D eigenvalue weighted by atomic mass is 19.1. The van der Waals surface area contributed by atoms with Gasteiger partial charge in [-0.15, -0.1) is 0 Å². The van der Waals surface area contributed by atoms with E-state index in [0.29, 0.717) is 23.8 Å². The van der Waals surface area contributed by atoms with E-state index < -0.39 is 0 Å². The van der Waals surface area contributed by atoms with E-state index in [1.807, 2.05) is 0 Å². The lowest BCUT2D eigenvalue weighted by molar-refractivity contribution is -0.120. The summed E-state index contributed by atoms with van der Waals surface area (Å²) >= 11 is 0. The summed E-state index contributed by atoms with van der Waals surface area (Å²) in [6, 6.07) is 13.0. The zero-order valence-electron chi connectivity index (χ0n) is 11.7. The molecule has 1 aromatic carbocycles.